The van der Waals surface area contributed by atoms with Gasteiger partial charge in [0.25, 0.3) is 5.91 Å². The van der Waals surface area contributed by atoms with Crippen LogP contribution in [0.1, 0.15) is 36.0 Å². The fourth-order valence-electron chi connectivity index (χ4n) is 4.41. The summed E-state index contributed by atoms with van der Waals surface area (Å²) in [4.78, 5) is 26.9. The van der Waals surface area contributed by atoms with Crippen molar-refractivity contribution in [1.82, 2.24) is 4.90 Å². The van der Waals surface area contributed by atoms with E-state index >= 15 is 0 Å². The first-order valence-electron chi connectivity index (χ1n) is 12.1. The molecule has 0 atom stereocenters. The van der Waals surface area contributed by atoms with E-state index in [9.17, 15) is 9.59 Å². The predicted molar refractivity (Wildman–Crippen MR) is 138 cm³/mol. The molecule has 0 saturated carbocycles. The molecular formula is C30H31NO4. The zero-order valence-corrected chi connectivity index (χ0v) is 20.1. The van der Waals surface area contributed by atoms with E-state index in [1.165, 1.54) is 0 Å². The Bertz CT molecular complexity index is 1150. The van der Waals surface area contributed by atoms with Crippen LogP contribution >= 0.6 is 0 Å². The highest BCUT2D eigenvalue weighted by atomic mass is 16.5. The zero-order valence-electron chi connectivity index (χ0n) is 20.1. The second kappa shape index (κ2) is 12.1. The molecule has 5 nitrogen and oxygen atoms in total. The molecule has 3 aromatic rings. The van der Waals surface area contributed by atoms with E-state index in [4.69, 9.17) is 9.47 Å². The lowest BCUT2D eigenvalue weighted by molar-refractivity contribution is -0.147. The molecule has 1 aliphatic rings. The number of ketones is 1. The van der Waals surface area contributed by atoms with Gasteiger partial charge in [0, 0.05) is 19.5 Å². The number of nitrogens with zero attached hydrogens (tertiary/aromatic N) is 1. The van der Waals surface area contributed by atoms with Crippen LogP contribution in [0, 0.1) is 0 Å². The van der Waals surface area contributed by atoms with Crippen LogP contribution in [-0.2, 0) is 14.3 Å². The fraction of sp³-hybridized carbons (Fsp3) is 0.267. The Morgan fingerprint density at radius 1 is 0.771 bits per heavy atom. The first-order valence-corrected chi connectivity index (χ1v) is 12.1. The van der Waals surface area contributed by atoms with Gasteiger partial charge in [-0.05, 0) is 52.8 Å². The molecule has 5 heteroatoms. The molecule has 1 fully saturated rings. The number of hydrogen-bond acceptors (Lipinski definition) is 4. The summed E-state index contributed by atoms with van der Waals surface area (Å²) in [5.74, 6) is 0.0802. The number of Topliss-reactive ketones (excluding diaryl/α,β-unsaturated/α-hetero) is 1. The molecule has 0 radical (unpaired) electrons. The lowest BCUT2D eigenvalue weighted by atomic mass is 9.87. The Morgan fingerprint density at radius 3 is 1.94 bits per heavy atom. The summed E-state index contributed by atoms with van der Waals surface area (Å²) in [5.41, 5.74) is 5.55. The van der Waals surface area contributed by atoms with Gasteiger partial charge in [0.2, 0.25) is 5.78 Å². The van der Waals surface area contributed by atoms with Crippen LogP contribution in [0.15, 0.2) is 84.9 Å². The third-order valence-corrected chi connectivity index (χ3v) is 6.23. The summed E-state index contributed by atoms with van der Waals surface area (Å²) in [6, 6.07) is 28.6. The van der Waals surface area contributed by atoms with Crippen molar-refractivity contribution in [2.45, 2.75) is 19.3 Å². The van der Waals surface area contributed by atoms with Crippen molar-refractivity contribution in [3.8, 4) is 5.75 Å². The molecule has 0 spiro atoms. The fourth-order valence-corrected chi connectivity index (χ4v) is 4.41. The van der Waals surface area contributed by atoms with Crippen LogP contribution in [0.3, 0.4) is 0 Å². The summed E-state index contributed by atoms with van der Waals surface area (Å²) < 4.78 is 10.7. The Balaban J connectivity index is 1.65. The van der Waals surface area contributed by atoms with Gasteiger partial charge in [-0.3, -0.25) is 9.59 Å². The summed E-state index contributed by atoms with van der Waals surface area (Å²) >= 11 is 0. The van der Waals surface area contributed by atoms with Gasteiger partial charge < -0.3 is 14.4 Å². The molecule has 0 bridgehead atoms. The van der Waals surface area contributed by atoms with Gasteiger partial charge in [0.05, 0.1) is 20.3 Å². The van der Waals surface area contributed by atoms with Crippen LogP contribution in [-0.4, -0.2) is 50.0 Å². The number of carbonyl (C=O) groups excluding carboxylic acids is 2. The third kappa shape index (κ3) is 6.25. The number of rotatable bonds is 9. The van der Waals surface area contributed by atoms with Gasteiger partial charge >= 0.3 is 0 Å². The normalized spacial score (nSPS) is 14.3. The maximum Gasteiger partial charge on any atom is 0.290 e. The number of benzene rings is 3. The lowest BCUT2D eigenvalue weighted by Gasteiger charge is -2.26. The molecule has 4 rings (SSSR count). The molecule has 1 aliphatic heterocycles. The van der Waals surface area contributed by atoms with Crippen molar-refractivity contribution >= 4 is 22.8 Å². The number of methoxy groups -OCH3 is 1. The molecule has 1 heterocycles. The van der Waals surface area contributed by atoms with Gasteiger partial charge in [-0.25, -0.2) is 0 Å². The number of carbonyl (C=O) groups is 2. The van der Waals surface area contributed by atoms with E-state index in [-0.39, 0.29) is 12.2 Å². The summed E-state index contributed by atoms with van der Waals surface area (Å²) in [5, 5.41) is 0. The number of morpholine rings is 1. The standard InChI is InChI=1S/C30H31NO4/c1-34-26-17-15-25(16-18-26)29(24-11-6-3-7-12-24)27(23-9-4-2-5-10-23)13-8-14-28(32)30(33)31-19-21-35-22-20-31/h2-7,9-12,15-18H,8,13-14,19-22H2,1H3/b29-27-. The molecule has 0 aliphatic carbocycles. The average Bonchev–Trinajstić information content (AvgIpc) is 2.93. The van der Waals surface area contributed by atoms with Crippen LogP contribution < -0.4 is 4.74 Å². The van der Waals surface area contributed by atoms with Crippen molar-refractivity contribution in [2.24, 2.45) is 0 Å². The van der Waals surface area contributed by atoms with Crippen LogP contribution in [0.5, 0.6) is 5.75 Å². The number of ether oxygens (including phenoxy) is 2. The van der Waals surface area contributed by atoms with E-state index in [0.717, 1.165) is 33.6 Å². The minimum Gasteiger partial charge on any atom is -0.497 e. The van der Waals surface area contributed by atoms with E-state index in [0.29, 0.717) is 39.1 Å². The van der Waals surface area contributed by atoms with Crippen molar-refractivity contribution in [1.29, 1.82) is 0 Å². The maximum atomic E-state index is 12.7. The average molecular weight is 470 g/mol. The second-order valence-electron chi connectivity index (χ2n) is 8.50. The van der Waals surface area contributed by atoms with Gasteiger partial charge in [-0.1, -0.05) is 72.8 Å². The predicted octanol–water partition coefficient (Wildman–Crippen LogP) is 5.25. The molecule has 3 aromatic carbocycles. The monoisotopic (exact) mass is 469 g/mol. The third-order valence-electron chi connectivity index (χ3n) is 6.23. The lowest BCUT2D eigenvalue weighted by Crippen LogP contribution is -2.44. The summed E-state index contributed by atoms with van der Waals surface area (Å²) in [7, 11) is 1.66. The molecule has 1 amide bonds. The molecule has 35 heavy (non-hydrogen) atoms. The highest BCUT2D eigenvalue weighted by molar-refractivity contribution is 6.36. The van der Waals surface area contributed by atoms with Crippen LogP contribution in [0.4, 0.5) is 0 Å². The molecule has 180 valence electrons. The van der Waals surface area contributed by atoms with Crippen molar-refractivity contribution < 1.29 is 19.1 Å². The quantitative estimate of drug-likeness (QED) is 0.317. The molecule has 1 saturated heterocycles. The molecule has 0 N–H and O–H groups in total. The van der Waals surface area contributed by atoms with Gasteiger partial charge in [0.1, 0.15) is 5.75 Å². The Kier molecular flexibility index (Phi) is 8.47. The van der Waals surface area contributed by atoms with Crippen molar-refractivity contribution in [2.75, 3.05) is 33.4 Å². The SMILES string of the molecule is COc1ccc(/C(=C(/CCCC(=O)C(=O)N2CCOCC2)c2ccccc2)c2ccccc2)cc1. The summed E-state index contributed by atoms with van der Waals surface area (Å²) in [6.07, 6.45) is 1.48. The largest absolute Gasteiger partial charge is 0.497 e. The number of allylic oxidation sites excluding steroid dienone is 1. The molecular weight excluding hydrogens is 438 g/mol. The Hall–Kier alpha value is -3.70. The zero-order chi connectivity index (χ0) is 24.5. The topological polar surface area (TPSA) is 55.8 Å². The van der Waals surface area contributed by atoms with Crippen molar-refractivity contribution in [3.05, 3.63) is 102 Å². The Labute approximate surface area is 207 Å². The minimum absolute atomic E-state index is 0.219. The highest BCUT2D eigenvalue weighted by Crippen LogP contribution is 2.36. The van der Waals surface area contributed by atoms with Gasteiger partial charge in [-0.15, -0.1) is 0 Å². The van der Waals surface area contributed by atoms with Crippen LogP contribution in [0.25, 0.3) is 11.1 Å². The number of amides is 1. The Morgan fingerprint density at radius 2 is 1.34 bits per heavy atom. The minimum atomic E-state index is -0.392. The van der Waals surface area contributed by atoms with E-state index < -0.39 is 5.91 Å². The smallest absolute Gasteiger partial charge is 0.290 e. The molecule has 0 unspecified atom stereocenters. The van der Waals surface area contributed by atoms with E-state index in [2.05, 4.69) is 36.4 Å². The second-order valence-corrected chi connectivity index (χ2v) is 8.50. The van der Waals surface area contributed by atoms with E-state index in [1.54, 1.807) is 12.0 Å². The van der Waals surface area contributed by atoms with Crippen molar-refractivity contribution in [3.63, 3.8) is 0 Å². The van der Waals surface area contributed by atoms with E-state index in [1.807, 2.05) is 48.5 Å². The number of hydrogen-bond donors (Lipinski definition) is 0. The first kappa shape index (κ1) is 24.4. The van der Waals surface area contributed by atoms with Crippen LogP contribution in [0.2, 0.25) is 0 Å². The first-order chi connectivity index (χ1) is 17.2. The van der Waals surface area contributed by atoms with Gasteiger partial charge in [0.15, 0.2) is 0 Å². The summed E-state index contributed by atoms with van der Waals surface area (Å²) in [6.45, 7) is 1.94. The van der Waals surface area contributed by atoms with Gasteiger partial charge in [-0.2, -0.15) is 0 Å². The molecule has 0 aromatic heterocycles. The maximum absolute atomic E-state index is 12.7. The highest BCUT2D eigenvalue weighted by Gasteiger charge is 2.23.